The summed E-state index contributed by atoms with van der Waals surface area (Å²) in [6.45, 7) is 16.9. The number of carbonyl (C=O) groups excluding carboxylic acids is 1. The quantitative estimate of drug-likeness (QED) is 0.0717. The van der Waals surface area contributed by atoms with Crippen molar-refractivity contribution in [3.63, 3.8) is 0 Å². The van der Waals surface area contributed by atoms with Crippen molar-refractivity contribution < 1.29 is 18.0 Å². The van der Waals surface area contributed by atoms with Crippen molar-refractivity contribution in [1.29, 1.82) is 0 Å². The van der Waals surface area contributed by atoms with Crippen molar-refractivity contribution in [2.75, 3.05) is 31.5 Å². The molecule has 2 amide bonds. The van der Waals surface area contributed by atoms with Gasteiger partial charge in [-0.05, 0) is 43.9 Å². The highest BCUT2D eigenvalue weighted by Gasteiger charge is 2.35. The number of aromatic nitrogens is 2. The number of hydrogen-bond acceptors (Lipinski definition) is 6. The van der Waals surface area contributed by atoms with E-state index in [2.05, 4.69) is 65.5 Å². The summed E-state index contributed by atoms with van der Waals surface area (Å²) in [6, 6.07) is 0.177. The van der Waals surface area contributed by atoms with E-state index >= 15 is 0 Å². The van der Waals surface area contributed by atoms with Gasteiger partial charge in [-0.25, -0.2) is 9.78 Å². The Hall–Kier alpha value is -3.05. The van der Waals surface area contributed by atoms with Crippen molar-refractivity contribution in [1.82, 2.24) is 25.5 Å². The molecule has 0 spiro atoms. The number of aliphatic imine (C=N–C) groups is 1. The van der Waals surface area contributed by atoms with Crippen LogP contribution >= 0.6 is 0 Å². The predicted molar refractivity (Wildman–Crippen MR) is 184 cm³/mol. The van der Waals surface area contributed by atoms with Crippen LogP contribution < -0.4 is 21.7 Å². The number of halogens is 3. The lowest BCUT2D eigenvalue weighted by Crippen LogP contribution is -2.30. The van der Waals surface area contributed by atoms with Crippen molar-refractivity contribution >= 4 is 23.6 Å². The second kappa shape index (κ2) is 22.5. The number of rotatable bonds is 18. The number of alkyl halides is 3. The molecule has 2 aliphatic rings. The Kier molecular flexibility index (Phi) is 20.0. The third-order valence-corrected chi connectivity index (χ3v) is 7.77. The molecule has 1 aliphatic carbocycles. The fourth-order valence-corrected chi connectivity index (χ4v) is 5.28. The van der Waals surface area contributed by atoms with Gasteiger partial charge in [-0.2, -0.15) is 23.1 Å². The third-order valence-electron chi connectivity index (χ3n) is 7.77. The first-order valence-corrected chi connectivity index (χ1v) is 17.5. The van der Waals surface area contributed by atoms with Crippen LogP contribution in [-0.4, -0.2) is 59.0 Å². The van der Waals surface area contributed by atoms with Gasteiger partial charge in [0.25, 0.3) is 5.95 Å². The molecule has 0 bridgehead atoms. The summed E-state index contributed by atoms with van der Waals surface area (Å²) in [5.41, 5.74) is 6.15. The third kappa shape index (κ3) is 15.5. The standard InChI is InChI=1S/C24H37F3N8O.C8H18.C2H6/c1-3-6-17(7-4-2)31-14-18(16-8-9-16)20(28)33-22-32-15-19(24(25,26)27)21(34-22)29-10-5-12-35-13-11-30-23(35)36;1-4-6-8(3)7-5-2;1-2/h14-17,31H,3-13H2,1-2H3,(H,30,36)(H3,28,29,32,33,34);8H,4-7H2,1-3H3;1-2H3/b18-14-;;. The number of hydrogen-bond donors (Lipinski definition) is 4. The maximum atomic E-state index is 13.5. The van der Waals surface area contributed by atoms with Gasteiger partial charge in [-0.15, -0.1) is 0 Å². The van der Waals surface area contributed by atoms with Gasteiger partial charge in [0.1, 0.15) is 17.2 Å². The second-order valence-corrected chi connectivity index (χ2v) is 11.9. The zero-order chi connectivity index (χ0) is 34.5. The first-order chi connectivity index (χ1) is 22.0. The SMILES string of the molecule is CC.CCCC(C)CCC.CCCC(CCC)N/C=C(\C(N)=N\c1ncc(C(F)(F)F)c(NCCCN2CCNC2=O)n1)C1CC1. The molecule has 9 nitrogen and oxygen atoms in total. The number of nitrogens with zero attached hydrogens (tertiary/aromatic N) is 4. The number of carbonyl (C=O) groups is 1. The molecule has 3 rings (SSSR count). The molecule has 1 aliphatic heterocycles. The Morgan fingerprint density at radius 3 is 2.22 bits per heavy atom. The van der Waals surface area contributed by atoms with E-state index in [1.807, 2.05) is 20.0 Å². The minimum atomic E-state index is -4.62. The fraction of sp³-hybridized carbons (Fsp3) is 0.765. The van der Waals surface area contributed by atoms with Crippen LogP contribution in [0.15, 0.2) is 23.0 Å². The zero-order valence-corrected chi connectivity index (χ0v) is 29.4. The van der Waals surface area contributed by atoms with Crippen LogP contribution in [0.4, 0.5) is 29.7 Å². The highest BCUT2D eigenvalue weighted by Crippen LogP contribution is 2.37. The van der Waals surface area contributed by atoms with Gasteiger partial charge in [0.15, 0.2) is 0 Å². The van der Waals surface area contributed by atoms with Crippen LogP contribution in [0.1, 0.15) is 125 Å². The monoisotopic (exact) mass is 654 g/mol. The van der Waals surface area contributed by atoms with E-state index in [-0.39, 0.29) is 36.1 Å². The van der Waals surface area contributed by atoms with E-state index in [9.17, 15) is 18.0 Å². The molecule has 0 radical (unpaired) electrons. The number of nitrogens with one attached hydrogen (secondary N) is 3. The van der Waals surface area contributed by atoms with Crippen LogP contribution in [0.25, 0.3) is 0 Å². The topological polar surface area (TPSA) is 121 Å². The Bertz CT molecular complexity index is 1050. The zero-order valence-electron chi connectivity index (χ0n) is 29.4. The van der Waals surface area contributed by atoms with Gasteiger partial charge in [0.05, 0.1) is 0 Å². The lowest BCUT2D eigenvalue weighted by molar-refractivity contribution is -0.137. The highest BCUT2D eigenvalue weighted by atomic mass is 19.4. The number of amidine groups is 1. The molecule has 0 unspecified atom stereocenters. The summed E-state index contributed by atoms with van der Waals surface area (Å²) in [6.07, 6.45) is 10.2. The van der Waals surface area contributed by atoms with Gasteiger partial charge >= 0.3 is 12.2 Å². The molecule has 2 fully saturated rings. The van der Waals surface area contributed by atoms with E-state index in [1.54, 1.807) is 4.90 Å². The summed E-state index contributed by atoms with van der Waals surface area (Å²) in [5.74, 6) is 0.968. The molecule has 12 heteroatoms. The summed E-state index contributed by atoms with van der Waals surface area (Å²) in [5, 5.41) is 8.88. The van der Waals surface area contributed by atoms with Crippen molar-refractivity contribution in [2.24, 2.45) is 22.6 Å². The van der Waals surface area contributed by atoms with E-state index in [0.717, 1.165) is 56.2 Å². The molecule has 1 saturated carbocycles. The summed E-state index contributed by atoms with van der Waals surface area (Å²) >= 11 is 0. The van der Waals surface area contributed by atoms with Crippen molar-refractivity contribution in [2.45, 2.75) is 131 Å². The Labute approximate surface area is 275 Å². The van der Waals surface area contributed by atoms with Gasteiger partial charge in [0, 0.05) is 50.2 Å². The van der Waals surface area contributed by atoms with E-state index in [0.29, 0.717) is 32.1 Å². The number of nitrogens with two attached hydrogens (primary N) is 1. The van der Waals surface area contributed by atoms with Gasteiger partial charge in [-0.3, -0.25) is 0 Å². The smallest absolute Gasteiger partial charge is 0.388 e. The number of amides is 2. The average Bonchev–Trinajstić information content (AvgIpc) is 3.77. The van der Waals surface area contributed by atoms with Crippen LogP contribution in [0.5, 0.6) is 0 Å². The Balaban J connectivity index is 0.000000922. The fourth-order valence-electron chi connectivity index (χ4n) is 5.28. The molecule has 1 saturated heterocycles. The van der Waals surface area contributed by atoms with E-state index in [4.69, 9.17) is 5.73 Å². The minimum Gasteiger partial charge on any atom is -0.388 e. The second-order valence-electron chi connectivity index (χ2n) is 11.9. The number of anilines is 1. The van der Waals surface area contributed by atoms with Crippen molar-refractivity contribution in [3.8, 4) is 0 Å². The van der Waals surface area contributed by atoms with E-state index < -0.39 is 11.7 Å². The van der Waals surface area contributed by atoms with Gasteiger partial charge in [-0.1, -0.05) is 87.0 Å². The molecule has 264 valence electrons. The van der Waals surface area contributed by atoms with E-state index in [1.165, 1.54) is 25.7 Å². The molecule has 0 aromatic carbocycles. The summed E-state index contributed by atoms with van der Waals surface area (Å²) in [7, 11) is 0. The summed E-state index contributed by atoms with van der Waals surface area (Å²) < 4.78 is 40.6. The van der Waals surface area contributed by atoms with Crippen LogP contribution in [0.3, 0.4) is 0 Å². The van der Waals surface area contributed by atoms with Crippen LogP contribution in [0, 0.1) is 11.8 Å². The Morgan fingerprint density at radius 2 is 1.72 bits per heavy atom. The normalized spacial score (nSPS) is 15.3. The molecule has 1 aromatic rings. The Morgan fingerprint density at radius 1 is 1.11 bits per heavy atom. The molecule has 0 atom stereocenters. The van der Waals surface area contributed by atoms with Crippen LogP contribution in [0.2, 0.25) is 0 Å². The molecular weight excluding hydrogens is 593 g/mol. The lowest BCUT2D eigenvalue weighted by Gasteiger charge is -2.17. The van der Waals surface area contributed by atoms with Crippen LogP contribution in [-0.2, 0) is 6.18 Å². The van der Waals surface area contributed by atoms with Gasteiger partial charge < -0.3 is 26.6 Å². The first-order valence-electron chi connectivity index (χ1n) is 17.5. The first kappa shape index (κ1) is 41.0. The molecular formula is C34H61F3N8O. The minimum absolute atomic E-state index is 0.132. The predicted octanol–water partition coefficient (Wildman–Crippen LogP) is 8.41. The maximum Gasteiger partial charge on any atom is 0.421 e. The molecule has 2 heterocycles. The summed E-state index contributed by atoms with van der Waals surface area (Å²) in [4.78, 5) is 25.4. The average molecular weight is 655 g/mol. The van der Waals surface area contributed by atoms with Crippen molar-refractivity contribution in [3.05, 3.63) is 23.5 Å². The highest BCUT2D eigenvalue weighted by molar-refractivity contribution is 5.99. The number of urea groups is 1. The maximum absolute atomic E-state index is 13.5. The largest absolute Gasteiger partial charge is 0.421 e. The van der Waals surface area contributed by atoms with Gasteiger partial charge in [0.2, 0.25) is 0 Å². The molecule has 1 aromatic heterocycles. The molecule has 5 N–H and O–H groups in total. The lowest BCUT2D eigenvalue weighted by atomic mass is 10.0. The molecule has 46 heavy (non-hydrogen) atoms.